The van der Waals surface area contributed by atoms with Gasteiger partial charge in [0.1, 0.15) is 6.67 Å². The Morgan fingerprint density at radius 1 is 1.40 bits per heavy atom. The number of diazo groups is 1. The van der Waals surface area contributed by atoms with Crippen LogP contribution in [0.4, 0.5) is 10.1 Å². The molecule has 0 aliphatic rings. The Morgan fingerprint density at radius 2 is 2.10 bits per heavy atom. The molecule has 0 atom stereocenters. The molecule has 0 N–H and O–H groups in total. The number of nitrogens with zero attached hydrogens (tertiary/aromatic N) is 2. The van der Waals surface area contributed by atoms with E-state index in [-0.39, 0.29) is 0 Å². The van der Waals surface area contributed by atoms with Crippen LogP contribution in [0.5, 0.6) is 0 Å². The van der Waals surface area contributed by atoms with E-state index in [1.807, 2.05) is 0 Å². The number of hydrogen-bond acceptors (Lipinski definition) is 1. The Labute approximate surface area is 57.9 Å². The maximum absolute atomic E-state index is 12.0. The van der Waals surface area contributed by atoms with Gasteiger partial charge in [-0.05, 0) is 6.07 Å². The SMILES string of the molecule is N#[N+]c1ccccc1CF. The highest BCUT2D eigenvalue weighted by molar-refractivity contribution is 5.50. The molecule has 0 heterocycles. The Bertz CT molecular complexity index is 265. The summed E-state index contributed by atoms with van der Waals surface area (Å²) in [5.74, 6) is 0. The highest BCUT2D eigenvalue weighted by atomic mass is 19.1. The van der Waals surface area contributed by atoms with Gasteiger partial charge in [0, 0.05) is 6.07 Å². The van der Waals surface area contributed by atoms with E-state index in [1.54, 1.807) is 24.3 Å². The smallest absolute Gasteiger partial charge is 0.246 e. The first-order valence-electron chi connectivity index (χ1n) is 2.87. The predicted molar refractivity (Wildman–Crippen MR) is 36.0 cm³/mol. The molecule has 0 fully saturated rings. The second-order valence-electron chi connectivity index (χ2n) is 1.86. The lowest BCUT2D eigenvalue weighted by Crippen LogP contribution is -1.75. The average molecular weight is 137 g/mol. The highest BCUT2D eigenvalue weighted by Gasteiger charge is 2.09. The average Bonchev–Trinajstić information content (AvgIpc) is 2.04. The minimum absolute atomic E-state index is 0.296. The highest BCUT2D eigenvalue weighted by Crippen LogP contribution is 2.18. The minimum Gasteiger partial charge on any atom is -0.246 e. The van der Waals surface area contributed by atoms with E-state index in [9.17, 15) is 4.39 Å². The fourth-order valence-electron chi connectivity index (χ4n) is 0.721. The summed E-state index contributed by atoms with van der Waals surface area (Å²) in [5.41, 5.74) is 0.704. The molecule has 1 aromatic carbocycles. The quantitative estimate of drug-likeness (QED) is 0.547. The van der Waals surface area contributed by atoms with Crippen LogP contribution in [0, 0.1) is 5.39 Å². The fourth-order valence-corrected chi connectivity index (χ4v) is 0.721. The summed E-state index contributed by atoms with van der Waals surface area (Å²) in [6.07, 6.45) is 0. The van der Waals surface area contributed by atoms with Crippen LogP contribution in [-0.4, -0.2) is 0 Å². The van der Waals surface area contributed by atoms with E-state index in [0.29, 0.717) is 11.3 Å². The molecular weight excluding hydrogens is 131 g/mol. The molecule has 0 saturated carbocycles. The van der Waals surface area contributed by atoms with Crippen LogP contribution >= 0.6 is 0 Å². The summed E-state index contributed by atoms with van der Waals surface area (Å²) in [4.78, 5) is 2.90. The Morgan fingerprint density at radius 3 is 2.60 bits per heavy atom. The second-order valence-corrected chi connectivity index (χ2v) is 1.86. The molecule has 0 bridgehead atoms. The monoisotopic (exact) mass is 137 g/mol. The minimum atomic E-state index is -0.597. The van der Waals surface area contributed by atoms with Gasteiger partial charge in [0.2, 0.25) is 5.39 Å². The van der Waals surface area contributed by atoms with Gasteiger partial charge in [0.05, 0.1) is 5.56 Å². The van der Waals surface area contributed by atoms with Gasteiger partial charge in [0.25, 0.3) is 0 Å². The Hall–Kier alpha value is -1.43. The van der Waals surface area contributed by atoms with Crippen LogP contribution in [-0.2, 0) is 6.67 Å². The number of benzene rings is 1. The summed E-state index contributed by atoms with van der Waals surface area (Å²) in [7, 11) is 0. The van der Waals surface area contributed by atoms with Crippen molar-refractivity contribution < 1.29 is 4.39 Å². The lowest BCUT2D eigenvalue weighted by Gasteiger charge is -1.84. The van der Waals surface area contributed by atoms with Crippen LogP contribution in [0.25, 0.3) is 4.98 Å². The van der Waals surface area contributed by atoms with Gasteiger partial charge in [-0.15, -0.1) is 0 Å². The van der Waals surface area contributed by atoms with Crippen LogP contribution < -0.4 is 0 Å². The first-order valence-corrected chi connectivity index (χ1v) is 2.87. The molecular formula is C7H6FN2+. The summed E-state index contributed by atoms with van der Waals surface area (Å²) >= 11 is 0. The first kappa shape index (κ1) is 6.69. The maximum atomic E-state index is 12.0. The molecule has 1 rings (SSSR count). The topological polar surface area (TPSA) is 28.1 Å². The van der Waals surface area contributed by atoms with Crippen molar-refractivity contribution in [3.05, 3.63) is 34.8 Å². The van der Waals surface area contributed by atoms with Crippen molar-refractivity contribution >= 4 is 5.69 Å². The maximum Gasteiger partial charge on any atom is 0.390 e. The van der Waals surface area contributed by atoms with E-state index in [4.69, 9.17) is 5.39 Å². The Balaban J connectivity index is 3.12. The van der Waals surface area contributed by atoms with Crippen LogP contribution in [0.3, 0.4) is 0 Å². The van der Waals surface area contributed by atoms with E-state index >= 15 is 0 Å². The molecule has 10 heavy (non-hydrogen) atoms. The second kappa shape index (κ2) is 2.92. The standard InChI is InChI=1S/C7H6FN2/c8-5-6-3-1-2-4-7(6)10-9/h1-4H,5H2/q+1. The zero-order chi connectivity index (χ0) is 7.40. The molecule has 0 aromatic heterocycles. The predicted octanol–water partition coefficient (Wildman–Crippen LogP) is 2.64. The fraction of sp³-hybridized carbons (Fsp3) is 0.143. The van der Waals surface area contributed by atoms with E-state index in [0.717, 1.165) is 0 Å². The number of halogens is 1. The normalized spacial score (nSPS) is 8.80. The van der Waals surface area contributed by atoms with Gasteiger partial charge >= 0.3 is 5.69 Å². The zero-order valence-corrected chi connectivity index (χ0v) is 5.29. The molecule has 0 aliphatic carbocycles. The van der Waals surface area contributed by atoms with E-state index < -0.39 is 6.67 Å². The van der Waals surface area contributed by atoms with Crippen LogP contribution in [0.1, 0.15) is 5.56 Å². The molecule has 3 heteroatoms. The number of alkyl halides is 1. The molecule has 1 aromatic rings. The molecule has 2 nitrogen and oxygen atoms in total. The molecule has 50 valence electrons. The number of rotatable bonds is 1. The molecule has 0 saturated heterocycles. The van der Waals surface area contributed by atoms with Gasteiger partial charge in [-0.3, -0.25) is 0 Å². The van der Waals surface area contributed by atoms with Gasteiger partial charge in [-0.25, -0.2) is 4.39 Å². The van der Waals surface area contributed by atoms with E-state index in [2.05, 4.69) is 4.98 Å². The van der Waals surface area contributed by atoms with Crippen molar-refractivity contribution in [1.82, 2.24) is 0 Å². The lowest BCUT2D eigenvalue weighted by atomic mass is 10.2. The lowest BCUT2D eigenvalue weighted by molar-refractivity contribution is 0.486. The van der Waals surface area contributed by atoms with Gasteiger partial charge < -0.3 is 0 Å². The summed E-state index contributed by atoms with van der Waals surface area (Å²) in [6.45, 7) is -0.597. The molecule has 0 radical (unpaired) electrons. The van der Waals surface area contributed by atoms with Gasteiger partial charge in [-0.1, -0.05) is 12.1 Å². The van der Waals surface area contributed by atoms with Crippen LogP contribution in [0.15, 0.2) is 24.3 Å². The van der Waals surface area contributed by atoms with Crippen molar-refractivity contribution in [2.75, 3.05) is 0 Å². The van der Waals surface area contributed by atoms with Crippen molar-refractivity contribution in [2.45, 2.75) is 6.67 Å². The largest absolute Gasteiger partial charge is 0.390 e. The third kappa shape index (κ3) is 1.11. The third-order valence-corrected chi connectivity index (χ3v) is 1.24. The number of hydrogen-bond donors (Lipinski definition) is 0. The van der Waals surface area contributed by atoms with Crippen molar-refractivity contribution in [1.29, 1.82) is 5.39 Å². The zero-order valence-electron chi connectivity index (χ0n) is 5.29. The third-order valence-electron chi connectivity index (χ3n) is 1.24. The van der Waals surface area contributed by atoms with Gasteiger partial charge in [-0.2, -0.15) is 0 Å². The summed E-state index contributed by atoms with van der Waals surface area (Å²) in [6, 6.07) is 6.52. The Kier molecular flexibility index (Phi) is 1.96. The van der Waals surface area contributed by atoms with E-state index in [1.165, 1.54) is 0 Å². The molecule has 0 spiro atoms. The molecule has 0 aliphatic heterocycles. The van der Waals surface area contributed by atoms with Gasteiger partial charge in [0.15, 0.2) is 4.98 Å². The van der Waals surface area contributed by atoms with Crippen molar-refractivity contribution in [3.8, 4) is 0 Å². The first-order chi connectivity index (χ1) is 4.88. The van der Waals surface area contributed by atoms with Crippen molar-refractivity contribution in [2.24, 2.45) is 0 Å². The summed E-state index contributed by atoms with van der Waals surface area (Å²) in [5, 5.41) is 8.31. The molecule has 0 amide bonds. The summed E-state index contributed by atoms with van der Waals surface area (Å²) < 4.78 is 12.0. The van der Waals surface area contributed by atoms with Crippen molar-refractivity contribution in [3.63, 3.8) is 0 Å². The molecule has 0 unspecified atom stereocenters. The van der Waals surface area contributed by atoms with Crippen LogP contribution in [0.2, 0.25) is 0 Å².